The molecule has 0 aromatic carbocycles. The average molecular weight is 667 g/mol. The fraction of sp³-hybridized carbons (Fsp3) is 0.846. The van der Waals surface area contributed by atoms with Crippen LogP contribution >= 0.6 is 0 Å². The van der Waals surface area contributed by atoms with E-state index in [1.54, 1.807) is 0 Å². The molecular formula is C39H74N2O6. The molecular weight excluding hydrogens is 592 g/mol. The molecule has 47 heavy (non-hydrogen) atoms. The second kappa shape index (κ2) is 35.6. The second-order valence-corrected chi connectivity index (χ2v) is 13.1. The van der Waals surface area contributed by atoms with Crippen molar-refractivity contribution in [3.05, 3.63) is 24.3 Å². The number of carbonyl (C=O) groups excluding carboxylic acids is 2. The molecule has 0 aromatic heterocycles. The minimum absolute atomic E-state index is 0.110. The van der Waals surface area contributed by atoms with Crippen LogP contribution in [0.2, 0.25) is 0 Å². The van der Waals surface area contributed by atoms with Crippen LogP contribution in [0.5, 0.6) is 0 Å². The minimum atomic E-state index is -0.893. The van der Waals surface area contributed by atoms with Gasteiger partial charge >= 0.3 is 11.9 Å². The van der Waals surface area contributed by atoms with E-state index in [9.17, 15) is 14.7 Å². The summed E-state index contributed by atoms with van der Waals surface area (Å²) in [5, 5.41) is 10.7. The Balaban J connectivity index is 4.07. The lowest BCUT2D eigenvalue weighted by atomic mass is 10.1. The summed E-state index contributed by atoms with van der Waals surface area (Å²) in [4.78, 5) is 28.0. The summed E-state index contributed by atoms with van der Waals surface area (Å²) in [6.07, 6.45) is 30.3. The maximum absolute atomic E-state index is 12.0. The van der Waals surface area contributed by atoms with Crippen molar-refractivity contribution in [2.45, 2.75) is 162 Å². The molecule has 0 spiro atoms. The number of likely N-dealkylation sites (N-methyl/N-ethyl adjacent to an activating group) is 1. The van der Waals surface area contributed by atoms with Crippen LogP contribution in [0, 0.1) is 0 Å². The van der Waals surface area contributed by atoms with Crippen molar-refractivity contribution in [1.82, 2.24) is 9.80 Å². The Morgan fingerprint density at radius 2 is 1.00 bits per heavy atom. The van der Waals surface area contributed by atoms with Crippen molar-refractivity contribution in [3.8, 4) is 0 Å². The SMILES string of the molecule is CCCCCC/C=C\COC(=O)CCCCCCCN(CCCCCCCC(=O)OC/C=C\CCCCCC)C(O)OCCN(C)C. The lowest BCUT2D eigenvalue weighted by molar-refractivity contribution is -0.194. The largest absolute Gasteiger partial charge is 0.461 e. The van der Waals surface area contributed by atoms with Gasteiger partial charge in [-0.25, -0.2) is 0 Å². The van der Waals surface area contributed by atoms with Gasteiger partial charge in [-0.05, 0) is 65.5 Å². The van der Waals surface area contributed by atoms with Gasteiger partial charge in [-0.2, -0.15) is 0 Å². The molecule has 0 amide bonds. The average Bonchev–Trinajstić information content (AvgIpc) is 3.05. The van der Waals surface area contributed by atoms with E-state index < -0.39 is 6.41 Å². The van der Waals surface area contributed by atoms with E-state index in [0.29, 0.717) is 32.7 Å². The number of aliphatic hydroxyl groups excluding tert-OH is 1. The Labute approximate surface area is 289 Å². The van der Waals surface area contributed by atoms with Crippen molar-refractivity contribution in [1.29, 1.82) is 0 Å². The van der Waals surface area contributed by atoms with Crippen molar-refractivity contribution < 1.29 is 28.9 Å². The summed E-state index contributed by atoms with van der Waals surface area (Å²) in [6.45, 7) is 8.02. The third-order valence-corrected chi connectivity index (χ3v) is 8.23. The van der Waals surface area contributed by atoms with Crippen LogP contribution in [0.15, 0.2) is 24.3 Å². The highest BCUT2D eigenvalue weighted by Crippen LogP contribution is 2.12. The molecule has 0 aliphatic heterocycles. The maximum Gasteiger partial charge on any atom is 0.306 e. The van der Waals surface area contributed by atoms with Gasteiger partial charge in [0, 0.05) is 32.5 Å². The van der Waals surface area contributed by atoms with Crippen LogP contribution in [0.25, 0.3) is 0 Å². The van der Waals surface area contributed by atoms with Crippen LogP contribution in [-0.2, 0) is 23.8 Å². The molecule has 0 bridgehead atoms. The Morgan fingerprint density at radius 1 is 0.574 bits per heavy atom. The number of carbonyl (C=O) groups is 2. The summed E-state index contributed by atoms with van der Waals surface area (Å²) < 4.78 is 16.4. The lowest BCUT2D eigenvalue weighted by Crippen LogP contribution is -2.40. The predicted octanol–water partition coefficient (Wildman–Crippen LogP) is 8.96. The van der Waals surface area contributed by atoms with Crippen LogP contribution in [-0.4, -0.2) is 86.8 Å². The monoisotopic (exact) mass is 667 g/mol. The third-order valence-electron chi connectivity index (χ3n) is 8.23. The van der Waals surface area contributed by atoms with Gasteiger partial charge in [0.15, 0.2) is 0 Å². The third kappa shape index (κ3) is 33.9. The van der Waals surface area contributed by atoms with E-state index in [1.165, 1.54) is 51.4 Å². The van der Waals surface area contributed by atoms with Gasteiger partial charge in [-0.15, -0.1) is 0 Å². The molecule has 0 aromatic rings. The Hall–Kier alpha value is -1.74. The highest BCUT2D eigenvalue weighted by molar-refractivity contribution is 5.69. The smallest absolute Gasteiger partial charge is 0.306 e. The number of aliphatic hydroxyl groups is 1. The molecule has 0 rings (SSSR count). The normalized spacial score (nSPS) is 12.6. The summed E-state index contributed by atoms with van der Waals surface area (Å²) in [5.41, 5.74) is 0. The lowest BCUT2D eigenvalue weighted by Gasteiger charge is -2.28. The van der Waals surface area contributed by atoms with Crippen molar-refractivity contribution in [2.24, 2.45) is 0 Å². The summed E-state index contributed by atoms with van der Waals surface area (Å²) in [5.74, 6) is -0.220. The van der Waals surface area contributed by atoms with Gasteiger partial charge in [0.2, 0.25) is 6.41 Å². The number of unbranched alkanes of at least 4 members (excludes halogenated alkanes) is 16. The number of hydrogen-bond acceptors (Lipinski definition) is 8. The zero-order valence-corrected chi connectivity index (χ0v) is 31.1. The van der Waals surface area contributed by atoms with Crippen LogP contribution in [0.1, 0.15) is 155 Å². The first-order valence-corrected chi connectivity index (χ1v) is 19.2. The quantitative estimate of drug-likeness (QED) is 0.0310. The molecule has 8 heteroatoms. The molecule has 0 fully saturated rings. The van der Waals surface area contributed by atoms with Gasteiger partial charge in [0.05, 0.1) is 6.61 Å². The van der Waals surface area contributed by atoms with E-state index in [4.69, 9.17) is 14.2 Å². The zero-order valence-electron chi connectivity index (χ0n) is 31.1. The predicted molar refractivity (Wildman–Crippen MR) is 195 cm³/mol. The number of nitrogens with zero attached hydrogens (tertiary/aromatic N) is 2. The van der Waals surface area contributed by atoms with Crippen molar-refractivity contribution >= 4 is 11.9 Å². The molecule has 276 valence electrons. The van der Waals surface area contributed by atoms with Gasteiger partial charge in [-0.1, -0.05) is 115 Å². The van der Waals surface area contributed by atoms with E-state index in [-0.39, 0.29) is 11.9 Å². The number of ether oxygens (including phenoxy) is 3. The summed E-state index contributed by atoms with van der Waals surface area (Å²) in [7, 11) is 3.99. The first kappa shape index (κ1) is 45.3. The van der Waals surface area contributed by atoms with Crippen molar-refractivity contribution in [3.63, 3.8) is 0 Å². The van der Waals surface area contributed by atoms with Crippen LogP contribution in [0.3, 0.4) is 0 Å². The molecule has 1 atom stereocenters. The Morgan fingerprint density at radius 3 is 1.45 bits per heavy atom. The topological polar surface area (TPSA) is 88.5 Å². The Kier molecular flexibility index (Phi) is 34.2. The van der Waals surface area contributed by atoms with E-state index in [2.05, 4.69) is 26.0 Å². The van der Waals surface area contributed by atoms with Gasteiger partial charge in [-0.3, -0.25) is 14.5 Å². The molecule has 0 aliphatic rings. The highest BCUT2D eigenvalue weighted by atomic mass is 16.6. The summed E-state index contributed by atoms with van der Waals surface area (Å²) >= 11 is 0. The van der Waals surface area contributed by atoms with Crippen molar-refractivity contribution in [2.75, 3.05) is 53.6 Å². The van der Waals surface area contributed by atoms with Gasteiger partial charge < -0.3 is 24.2 Å². The number of hydrogen-bond donors (Lipinski definition) is 1. The first-order chi connectivity index (χ1) is 22.9. The maximum atomic E-state index is 12.0. The summed E-state index contributed by atoms with van der Waals surface area (Å²) in [6, 6.07) is 0. The van der Waals surface area contributed by atoms with Crippen LogP contribution < -0.4 is 0 Å². The van der Waals surface area contributed by atoms with E-state index in [0.717, 1.165) is 96.7 Å². The number of rotatable bonds is 35. The fourth-order valence-corrected chi connectivity index (χ4v) is 5.18. The molecule has 1 N–H and O–H groups in total. The molecule has 0 saturated carbocycles. The molecule has 0 heterocycles. The molecule has 0 radical (unpaired) electrons. The number of esters is 2. The fourth-order valence-electron chi connectivity index (χ4n) is 5.18. The van der Waals surface area contributed by atoms with Gasteiger partial charge in [0.1, 0.15) is 13.2 Å². The zero-order chi connectivity index (χ0) is 34.6. The van der Waals surface area contributed by atoms with E-state index in [1.807, 2.05) is 36.0 Å². The molecule has 0 aliphatic carbocycles. The number of allylic oxidation sites excluding steroid dienone is 2. The Bertz CT molecular complexity index is 706. The molecule has 8 nitrogen and oxygen atoms in total. The highest BCUT2D eigenvalue weighted by Gasteiger charge is 2.15. The minimum Gasteiger partial charge on any atom is -0.461 e. The molecule has 0 saturated heterocycles. The van der Waals surface area contributed by atoms with Crippen LogP contribution in [0.4, 0.5) is 0 Å². The van der Waals surface area contributed by atoms with E-state index >= 15 is 0 Å². The molecule has 1 unspecified atom stereocenters. The standard InChI is InChI=1S/C39H74N2O6/c1-5-7-9-11-13-21-27-34-45-37(42)29-23-17-15-19-25-31-41(39(44)47-36-33-40(3)4)32-26-20-16-18-24-30-38(43)46-35-28-22-14-12-10-8-6-2/h21-22,27-28,39,44H,5-20,23-26,29-36H2,1-4H3/b27-21-,28-22-. The first-order valence-electron chi connectivity index (χ1n) is 19.2. The second-order valence-electron chi connectivity index (χ2n) is 13.1. The van der Waals surface area contributed by atoms with Gasteiger partial charge in [0.25, 0.3) is 0 Å².